The van der Waals surface area contributed by atoms with Crippen LogP contribution in [0.25, 0.3) is 0 Å². The Morgan fingerprint density at radius 3 is 2.69 bits per heavy atom. The molecule has 0 amide bonds. The minimum absolute atomic E-state index is 0.169. The number of nitrogens with one attached hydrogen (secondary N) is 1. The van der Waals surface area contributed by atoms with E-state index in [1.54, 1.807) is 0 Å². The van der Waals surface area contributed by atoms with Gasteiger partial charge < -0.3 is 15.3 Å². The number of hydrogen-bond acceptors (Lipinski definition) is 3. The number of nitrogens with zero attached hydrogens (tertiary/aromatic N) is 1. The molecule has 3 heteroatoms. The normalized spacial score (nSPS) is 27.2. The van der Waals surface area contributed by atoms with Gasteiger partial charge in [0, 0.05) is 32.2 Å². The van der Waals surface area contributed by atoms with Gasteiger partial charge in [0.1, 0.15) is 0 Å². The molecule has 2 aliphatic rings. The second kappa shape index (κ2) is 3.95. The van der Waals surface area contributed by atoms with Crippen LogP contribution < -0.4 is 5.32 Å². The second-order valence-corrected chi connectivity index (χ2v) is 4.62. The molecular weight excluding hydrogens is 164 g/mol. The van der Waals surface area contributed by atoms with Crippen molar-refractivity contribution in [1.82, 2.24) is 10.2 Å². The van der Waals surface area contributed by atoms with Gasteiger partial charge in [-0.1, -0.05) is 0 Å². The highest BCUT2D eigenvalue weighted by Gasteiger charge is 2.29. The van der Waals surface area contributed by atoms with E-state index in [4.69, 9.17) is 5.11 Å². The fourth-order valence-electron chi connectivity index (χ4n) is 1.95. The smallest absolute Gasteiger partial charge is 0.0639 e. The molecule has 1 unspecified atom stereocenters. The molecule has 3 nitrogen and oxygen atoms in total. The molecule has 1 atom stereocenters. The predicted molar refractivity (Wildman–Crippen MR) is 52.6 cm³/mol. The first kappa shape index (κ1) is 9.44. The maximum absolute atomic E-state index is 9.14. The van der Waals surface area contributed by atoms with E-state index in [9.17, 15) is 0 Å². The van der Waals surface area contributed by atoms with Crippen LogP contribution in [0.4, 0.5) is 0 Å². The van der Waals surface area contributed by atoms with Crippen molar-refractivity contribution in [3.8, 4) is 0 Å². The topological polar surface area (TPSA) is 35.5 Å². The van der Waals surface area contributed by atoms with Crippen molar-refractivity contribution in [3.63, 3.8) is 0 Å². The van der Waals surface area contributed by atoms with Crippen LogP contribution in [0.1, 0.15) is 19.8 Å². The standard InChI is InChI=1S/C10H20N2O/c1-8(13)5-12-6-9(7-12)4-11-10-2-3-10/h8-11,13H,2-7H2,1H3. The SMILES string of the molecule is CC(O)CN1CC(CNC2CC2)C1. The first-order chi connectivity index (χ1) is 6.24. The highest BCUT2D eigenvalue weighted by Crippen LogP contribution is 2.21. The Hall–Kier alpha value is -0.120. The first-order valence-corrected chi connectivity index (χ1v) is 5.38. The number of rotatable bonds is 5. The third kappa shape index (κ3) is 2.93. The summed E-state index contributed by atoms with van der Waals surface area (Å²) < 4.78 is 0. The average Bonchev–Trinajstić information content (AvgIpc) is 2.75. The molecular formula is C10H20N2O. The predicted octanol–water partition coefficient (Wildman–Crippen LogP) is 0.0510. The molecule has 1 aliphatic heterocycles. The van der Waals surface area contributed by atoms with E-state index in [0.29, 0.717) is 0 Å². The van der Waals surface area contributed by atoms with Gasteiger partial charge in [-0.25, -0.2) is 0 Å². The van der Waals surface area contributed by atoms with Crippen LogP contribution in [-0.2, 0) is 0 Å². The fourth-order valence-corrected chi connectivity index (χ4v) is 1.95. The zero-order valence-corrected chi connectivity index (χ0v) is 8.37. The van der Waals surface area contributed by atoms with Crippen molar-refractivity contribution in [1.29, 1.82) is 0 Å². The third-order valence-electron chi connectivity index (χ3n) is 2.83. The van der Waals surface area contributed by atoms with Gasteiger partial charge in [-0.2, -0.15) is 0 Å². The molecule has 1 saturated heterocycles. The Bertz CT molecular complexity index is 162. The molecule has 0 radical (unpaired) electrons. The summed E-state index contributed by atoms with van der Waals surface area (Å²) in [5, 5.41) is 12.7. The van der Waals surface area contributed by atoms with Gasteiger partial charge in [-0.05, 0) is 25.7 Å². The summed E-state index contributed by atoms with van der Waals surface area (Å²) in [6.45, 7) is 6.23. The second-order valence-electron chi connectivity index (χ2n) is 4.62. The van der Waals surface area contributed by atoms with Crippen molar-refractivity contribution < 1.29 is 5.11 Å². The van der Waals surface area contributed by atoms with Crippen LogP contribution in [-0.4, -0.2) is 48.3 Å². The lowest BCUT2D eigenvalue weighted by Crippen LogP contribution is -2.52. The average molecular weight is 184 g/mol. The van der Waals surface area contributed by atoms with E-state index in [1.807, 2.05) is 6.92 Å². The van der Waals surface area contributed by atoms with Crippen molar-refractivity contribution in [2.75, 3.05) is 26.2 Å². The molecule has 1 aliphatic carbocycles. The van der Waals surface area contributed by atoms with Crippen molar-refractivity contribution in [2.24, 2.45) is 5.92 Å². The minimum Gasteiger partial charge on any atom is -0.392 e. The number of likely N-dealkylation sites (tertiary alicyclic amines) is 1. The molecule has 0 aromatic carbocycles. The Balaban J connectivity index is 1.50. The fraction of sp³-hybridized carbons (Fsp3) is 1.00. The monoisotopic (exact) mass is 184 g/mol. The summed E-state index contributed by atoms with van der Waals surface area (Å²) in [6, 6.07) is 0.839. The van der Waals surface area contributed by atoms with E-state index < -0.39 is 0 Å². The van der Waals surface area contributed by atoms with E-state index in [1.165, 1.54) is 32.5 Å². The summed E-state index contributed by atoms with van der Waals surface area (Å²) in [7, 11) is 0. The highest BCUT2D eigenvalue weighted by atomic mass is 16.3. The van der Waals surface area contributed by atoms with Gasteiger partial charge in [0.15, 0.2) is 0 Å². The van der Waals surface area contributed by atoms with Crippen LogP contribution in [0.3, 0.4) is 0 Å². The molecule has 1 heterocycles. The Labute approximate surface area is 80.1 Å². The van der Waals surface area contributed by atoms with Crippen molar-refractivity contribution in [2.45, 2.75) is 31.9 Å². The maximum atomic E-state index is 9.14. The van der Waals surface area contributed by atoms with E-state index in [0.717, 1.165) is 18.5 Å². The molecule has 0 aromatic heterocycles. The van der Waals surface area contributed by atoms with Crippen LogP contribution in [0.2, 0.25) is 0 Å². The zero-order chi connectivity index (χ0) is 9.26. The number of hydrogen-bond donors (Lipinski definition) is 2. The molecule has 1 saturated carbocycles. The first-order valence-electron chi connectivity index (χ1n) is 5.38. The summed E-state index contributed by atoms with van der Waals surface area (Å²) in [5.41, 5.74) is 0. The van der Waals surface area contributed by atoms with Gasteiger partial charge in [0.25, 0.3) is 0 Å². The van der Waals surface area contributed by atoms with E-state index >= 15 is 0 Å². The summed E-state index contributed by atoms with van der Waals surface area (Å²) >= 11 is 0. The van der Waals surface area contributed by atoms with E-state index in [-0.39, 0.29) is 6.10 Å². The van der Waals surface area contributed by atoms with Crippen LogP contribution in [0.15, 0.2) is 0 Å². The summed E-state index contributed by atoms with van der Waals surface area (Å²) in [4.78, 5) is 2.32. The third-order valence-corrected chi connectivity index (χ3v) is 2.83. The van der Waals surface area contributed by atoms with Gasteiger partial charge >= 0.3 is 0 Å². The molecule has 0 spiro atoms. The highest BCUT2D eigenvalue weighted by molar-refractivity contribution is 4.87. The Morgan fingerprint density at radius 1 is 1.46 bits per heavy atom. The number of β-amino-alcohol motifs (C(OH)–C–C–N with tert-alkyl or cyclic N) is 1. The van der Waals surface area contributed by atoms with Crippen molar-refractivity contribution >= 4 is 0 Å². The Morgan fingerprint density at radius 2 is 2.15 bits per heavy atom. The summed E-state index contributed by atoms with van der Waals surface area (Å²) in [5.74, 6) is 0.833. The van der Waals surface area contributed by atoms with Gasteiger partial charge in [0.2, 0.25) is 0 Å². The van der Waals surface area contributed by atoms with Crippen LogP contribution in [0.5, 0.6) is 0 Å². The van der Waals surface area contributed by atoms with Crippen LogP contribution >= 0.6 is 0 Å². The maximum Gasteiger partial charge on any atom is 0.0639 e. The number of aliphatic hydroxyl groups excluding tert-OH is 1. The lowest BCUT2D eigenvalue weighted by molar-refractivity contribution is 0.0473. The lowest BCUT2D eigenvalue weighted by atomic mass is 10.00. The van der Waals surface area contributed by atoms with Gasteiger partial charge in [-0.15, -0.1) is 0 Å². The number of aliphatic hydroxyl groups is 1. The van der Waals surface area contributed by atoms with Crippen molar-refractivity contribution in [3.05, 3.63) is 0 Å². The quantitative estimate of drug-likeness (QED) is 0.634. The molecule has 76 valence electrons. The summed E-state index contributed by atoms with van der Waals surface area (Å²) in [6.07, 6.45) is 2.59. The molecule has 0 aromatic rings. The molecule has 2 fully saturated rings. The van der Waals surface area contributed by atoms with Gasteiger partial charge in [0.05, 0.1) is 6.10 Å². The molecule has 13 heavy (non-hydrogen) atoms. The lowest BCUT2D eigenvalue weighted by Gasteiger charge is -2.40. The van der Waals surface area contributed by atoms with E-state index in [2.05, 4.69) is 10.2 Å². The Kier molecular flexibility index (Phi) is 2.86. The minimum atomic E-state index is -0.169. The van der Waals surface area contributed by atoms with Gasteiger partial charge in [-0.3, -0.25) is 0 Å². The molecule has 2 rings (SSSR count). The molecule has 0 bridgehead atoms. The van der Waals surface area contributed by atoms with Crippen LogP contribution in [0, 0.1) is 5.92 Å². The molecule has 2 N–H and O–H groups in total. The zero-order valence-electron chi connectivity index (χ0n) is 8.37. The largest absolute Gasteiger partial charge is 0.392 e.